The number of fused-ring (bicyclic) bond motifs is 1. The summed E-state index contributed by atoms with van der Waals surface area (Å²) in [7, 11) is -6.00. The minimum atomic E-state index is -3.11. The maximum Gasteiger partial charge on any atom is 0.358 e. The lowest BCUT2D eigenvalue weighted by Gasteiger charge is -2.51. The van der Waals surface area contributed by atoms with Gasteiger partial charge in [-0.2, -0.15) is 0 Å². The molecule has 0 saturated carbocycles. The molecular formula is C45H56N2O8SSi2. The van der Waals surface area contributed by atoms with E-state index in [9.17, 15) is 9.59 Å². The molecule has 2 saturated heterocycles. The lowest BCUT2D eigenvalue weighted by atomic mass is 10.00. The summed E-state index contributed by atoms with van der Waals surface area (Å²) in [6.07, 6.45) is -2.79. The molecule has 2 aliphatic rings. The third-order valence-corrected chi connectivity index (χ3v) is 21.5. The van der Waals surface area contributed by atoms with Crippen LogP contribution < -0.4 is 15.4 Å². The van der Waals surface area contributed by atoms with E-state index in [1.54, 1.807) is 60.7 Å². The number of rotatable bonds is 11. The quantitative estimate of drug-likeness (QED) is 0.113. The number of nitrogens with one attached hydrogen (secondary N) is 2. The highest BCUT2D eigenvalue weighted by molar-refractivity contribution is 7.79. The number of benzene rings is 4. The van der Waals surface area contributed by atoms with E-state index in [1.807, 2.05) is 49.4 Å². The zero-order chi connectivity index (χ0) is 41.8. The summed E-state index contributed by atoms with van der Waals surface area (Å²) in [5.41, 5.74) is 3.87. The number of amides is 2. The fourth-order valence-electron chi connectivity index (χ4n) is 7.90. The van der Waals surface area contributed by atoms with Crippen molar-refractivity contribution in [1.29, 1.82) is 0 Å². The van der Waals surface area contributed by atoms with Gasteiger partial charge in [-0.05, 0) is 83.2 Å². The second kappa shape index (κ2) is 18.4. The number of anilines is 2. The van der Waals surface area contributed by atoms with Crippen LogP contribution in [0.1, 0.15) is 93.3 Å². The molecule has 0 aliphatic carbocycles. The average molecular weight is 841 g/mol. The van der Waals surface area contributed by atoms with Gasteiger partial charge in [0, 0.05) is 23.3 Å². The smallest absolute Gasteiger partial charge is 0.358 e. The van der Waals surface area contributed by atoms with Crippen molar-refractivity contribution in [2.24, 2.45) is 0 Å². The zero-order valence-electron chi connectivity index (χ0n) is 34.8. The predicted octanol–water partition coefficient (Wildman–Crippen LogP) is 10.6. The Morgan fingerprint density at radius 2 is 1.24 bits per heavy atom. The van der Waals surface area contributed by atoms with Crippen LogP contribution in [0.15, 0.2) is 103 Å². The molecule has 2 amide bonds. The average Bonchev–Trinajstić information content (AvgIpc) is 3.51. The van der Waals surface area contributed by atoms with Gasteiger partial charge in [0.25, 0.3) is 11.8 Å². The molecule has 58 heavy (non-hydrogen) atoms. The Kier molecular flexibility index (Phi) is 13.7. The van der Waals surface area contributed by atoms with Crippen molar-refractivity contribution in [2.75, 3.05) is 17.2 Å². The van der Waals surface area contributed by atoms with Crippen LogP contribution in [-0.2, 0) is 22.4 Å². The molecular weight excluding hydrogens is 785 g/mol. The molecule has 2 fully saturated rings. The Labute approximate surface area is 350 Å². The van der Waals surface area contributed by atoms with E-state index in [4.69, 9.17) is 39.4 Å². The molecule has 308 valence electrons. The largest absolute Gasteiger partial charge is 0.447 e. The molecule has 4 aromatic carbocycles. The number of hydrogen-bond donors (Lipinski definition) is 2. The number of carbonyl (C=O) groups excluding carboxylic acids is 2. The van der Waals surface area contributed by atoms with Crippen molar-refractivity contribution >= 4 is 57.8 Å². The van der Waals surface area contributed by atoms with E-state index in [-0.39, 0.29) is 45.8 Å². The maximum atomic E-state index is 13.7. The van der Waals surface area contributed by atoms with Crippen LogP contribution in [0.4, 0.5) is 11.4 Å². The molecule has 4 atom stereocenters. The normalized spacial score (nSPS) is 21.3. The maximum absolute atomic E-state index is 13.7. The molecule has 13 heteroatoms. The Bertz CT molecular complexity index is 2030. The van der Waals surface area contributed by atoms with Gasteiger partial charge in [0.1, 0.15) is 24.1 Å². The molecule has 2 N–H and O–H groups in total. The highest BCUT2D eigenvalue weighted by atomic mass is 32.1. The minimum Gasteiger partial charge on any atom is -0.447 e. The number of carbonyl (C=O) groups is 2. The molecule has 0 unspecified atom stereocenters. The molecule has 6 rings (SSSR count). The van der Waals surface area contributed by atoms with E-state index >= 15 is 0 Å². The molecule has 2 heterocycles. The van der Waals surface area contributed by atoms with Crippen molar-refractivity contribution < 1.29 is 36.8 Å². The molecule has 0 aromatic heterocycles. The fraction of sp³-hybridized carbons (Fsp3) is 0.400. The molecule has 0 radical (unpaired) electrons. The number of ether oxygens (including phenoxy) is 3. The highest BCUT2D eigenvalue weighted by Gasteiger charge is 2.62. The zero-order valence-corrected chi connectivity index (χ0v) is 37.6. The SMILES string of the molecule is Cc1ccc(OC(=S)O[C@@H]2[C@@H]3O[Si](C(C)C)(C(C)C)O[Si](C(C)C)(C(C)C)OC[C@H]3O[C@H]2c2ccc(NC(=O)c3ccccc3)c(NC(=O)c3ccccc3)c2)cc1. The first-order valence-corrected chi connectivity index (χ1v) is 24.5. The van der Waals surface area contributed by atoms with Crippen LogP contribution >= 0.6 is 12.2 Å². The Morgan fingerprint density at radius 1 is 0.707 bits per heavy atom. The molecule has 0 bridgehead atoms. The van der Waals surface area contributed by atoms with Crippen LogP contribution in [-0.4, -0.2) is 59.1 Å². The predicted molar refractivity (Wildman–Crippen MR) is 236 cm³/mol. The Morgan fingerprint density at radius 3 is 1.78 bits per heavy atom. The monoisotopic (exact) mass is 840 g/mol. The highest BCUT2D eigenvalue weighted by Crippen LogP contribution is 2.50. The lowest BCUT2D eigenvalue weighted by Crippen LogP contribution is -2.66. The Balaban J connectivity index is 1.44. The summed E-state index contributed by atoms with van der Waals surface area (Å²) in [6, 6.07) is 30.8. The van der Waals surface area contributed by atoms with E-state index in [0.717, 1.165) is 5.56 Å². The van der Waals surface area contributed by atoms with E-state index in [0.29, 0.717) is 33.8 Å². The van der Waals surface area contributed by atoms with Gasteiger partial charge in [-0.15, -0.1) is 0 Å². The van der Waals surface area contributed by atoms with Crippen molar-refractivity contribution in [2.45, 2.75) is 109 Å². The first kappa shape index (κ1) is 43.4. The van der Waals surface area contributed by atoms with Gasteiger partial charge in [-0.25, -0.2) is 0 Å². The van der Waals surface area contributed by atoms with Crippen LogP contribution in [0.25, 0.3) is 0 Å². The summed E-state index contributed by atoms with van der Waals surface area (Å²) in [5, 5.41) is 5.94. The van der Waals surface area contributed by atoms with Crippen molar-refractivity contribution in [3.05, 3.63) is 125 Å². The number of aryl methyl sites for hydroxylation is 1. The van der Waals surface area contributed by atoms with Crippen molar-refractivity contribution in [1.82, 2.24) is 0 Å². The van der Waals surface area contributed by atoms with Gasteiger partial charge >= 0.3 is 22.4 Å². The van der Waals surface area contributed by atoms with Gasteiger partial charge in [0.15, 0.2) is 6.10 Å². The van der Waals surface area contributed by atoms with Crippen LogP contribution in [0.2, 0.25) is 22.2 Å². The van der Waals surface area contributed by atoms with Gasteiger partial charge in [0.2, 0.25) is 0 Å². The molecule has 4 aromatic rings. The molecule has 10 nitrogen and oxygen atoms in total. The van der Waals surface area contributed by atoms with Gasteiger partial charge in [-0.1, -0.05) is 116 Å². The number of thiocarbonyl (C=S) groups is 1. The third-order valence-electron chi connectivity index (χ3n) is 11.0. The Hall–Kier alpha value is -4.22. The van der Waals surface area contributed by atoms with E-state index in [1.165, 1.54) is 0 Å². The van der Waals surface area contributed by atoms with Crippen molar-refractivity contribution in [3.63, 3.8) is 0 Å². The first-order valence-electron chi connectivity index (χ1n) is 20.1. The minimum absolute atomic E-state index is 0.0574. The summed E-state index contributed by atoms with van der Waals surface area (Å²) in [4.78, 5) is 27.1. The molecule has 2 aliphatic heterocycles. The summed E-state index contributed by atoms with van der Waals surface area (Å²) in [6.45, 7) is 19.6. The molecule has 0 spiro atoms. The topological polar surface area (TPSA) is 114 Å². The van der Waals surface area contributed by atoms with Crippen molar-refractivity contribution in [3.8, 4) is 5.75 Å². The van der Waals surface area contributed by atoms with Crippen LogP contribution in [0.5, 0.6) is 5.75 Å². The lowest BCUT2D eigenvalue weighted by molar-refractivity contribution is -0.0390. The third kappa shape index (κ3) is 9.31. The summed E-state index contributed by atoms with van der Waals surface area (Å²) < 4.78 is 41.7. The first-order chi connectivity index (χ1) is 27.6. The van der Waals surface area contributed by atoms with Gasteiger partial charge in [-0.3, -0.25) is 9.59 Å². The van der Waals surface area contributed by atoms with Gasteiger partial charge in [0.05, 0.1) is 18.0 Å². The van der Waals surface area contributed by atoms with E-state index < -0.39 is 41.5 Å². The second-order valence-electron chi connectivity index (χ2n) is 16.3. The second-order valence-corrected chi connectivity index (χ2v) is 25.5. The standard InChI is InChI=1S/C45H56N2O8SSi2/c1-28(2)57(29(3)4)50-27-39-41(54-58(55-57,30(5)6)31(7)8)42(53-45(56)51-36-23-20-32(9)21-24-36)40(52-39)35-22-25-37(46-43(48)33-16-12-10-13-17-33)38(26-35)47-44(49)34-18-14-11-15-19-34/h10-26,28-31,39-42H,27H2,1-9H3,(H,46,48)(H,47,49)/t39-,40+,41-,42+/m1/s1. The summed E-state index contributed by atoms with van der Waals surface area (Å²) >= 11 is 5.78. The van der Waals surface area contributed by atoms with Gasteiger partial charge < -0.3 is 37.8 Å². The summed E-state index contributed by atoms with van der Waals surface area (Å²) in [5.74, 6) is -0.129. The fourth-order valence-corrected chi connectivity index (χ4v) is 19.3. The van der Waals surface area contributed by atoms with Crippen LogP contribution in [0.3, 0.4) is 0 Å². The number of hydrogen-bond acceptors (Lipinski definition) is 9. The van der Waals surface area contributed by atoms with Crippen LogP contribution in [0, 0.1) is 6.92 Å². The van der Waals surface area contributed by atoms with E-state index in [2.05, 4.69) is 66.0 Å².